The van der Waals surface area contributed by atoms with Crippen LogP contribution in [0.3, 0.4) is 0 Å². The van der Waals surface area contributed by atoms with E-state index in [2.05, 4.69) is 10.3 Å². The molecule has 1 aromatic carbocycles. The molecule has 1 fully saturated rings. The highest BCUT2D eigenvalue weighted by Gasteiger charge is 2.48. The lowest BCUT2D eigenvalue weighted by Crippen LogP contribution is -2.45. The van der Waals surface area contributed by atoms with Gasteiger partial charge >= 0.3 is 6.03 Å². The van der Waals surface area contributed by atoms with Gasteiger partial charge in [0.15, 0.2) is 0 Å². The molecule has 3 amide bonds. The Morgan fingerprint density at radius 3 is 2.65 bits per heavy atom. The Morgan fingerprint density at radius 1 is 1.26 bits per heavy atom. The molecular weight excluding hydrogens is 297 g/mol. The second-order valence-corrected chi connectivity index (χ2v) is 5.75. The summed E-state index contributed by atoms with van der Waals surface area (Å²) in [5, 5.41) is 3.42. The molecule has 0 spiro atoms. The van der Waals surface area contributed by atoms with E-state index in [-0.39, 0.29) is 12.5 Å². The average Bonchev–Trinajstić information content (AvgIpc) is 2.79. The lowest BCUT2D eigenvalue weighted by atomic mass is 9.93. The molecule has 1 aromatic heterocycles. The third kappa shape index (κ3) is 2.44. The summed E-state index contributed by atoms with van der Waals surface area (Å²) in [6.07, 6.45) is 2.65. The first-order valence-corrected chi connectivity index (χ1v) is 7.68. The van der Waals surface area contributed by atoms with E-state index in [4.69, 9.17) is 0 Å². The number of pyridine rings is 1. The maximum absolute atomic E-state index is 13.8. The largest absolute Gasteiger partial charge is 0.325 e. The molecule has 0 aliphatic carbocycles. The minimum atomic E-state index is -0.854. The van der Waals surface area contributed by atoms with Crippen LogP contribution in [-0.2, 0) is 11.3 Å². The van der Waals surface area contributed by atoms with Gasteiger partial charge in [-0.3, -0.25) is 14.7 Å². The third-order valence-corrected chi connectivity index (χ3v) is 4.53. The van der Waals surface area contributed by atoms with E-state index in [0.29, 0.717) is 29.3 Å². The van der Waals surface area contributed by atoms with Crippen LogP contribution >= 0.6 is 0 Å². The third-order valence-electron chi connectivity index (χ3n) is 4.53. The van der Waals surface area contributed by atoms with Gasteiger partial charge in [-0.1, -0.05) is 19.9 Å². The Morgan fingerprint density at radius 2 is 2.00 bits per heavy atom. The number of nitrogens with one attached hydrogen (secondary N) is 1. The van der Waals surface area contributed by atoms with Crippen molar-refractivity contribution in [3.8, 4) is 0 Å². The fraction of sp³-hybridized carbons (Fsp3) is 0.353. The second kappa shape index (κ2) is 5.61. The smallest absolute Gasteiger partial charge is 0.323 e. The van der Waals surface area contributed by atoms with Crippen LogP contribution in [0.5, 0.6) is 0 Å². The van der Waals surface area contributed by atoms with Gasteiger partial charge in [0.2, 0.25) is 0 Å². The fourth-order valence-corrected chi connectivity index (χ4v) is 3.07. The van der Waals surface area contributed by atoms with Crippen LogP contribution in [0, 0.1) is 5.82 Å². The Hall–Kier alpha value is -2.50. The first-order chi connectivity index (χ1) is 11.0. The van der Waals surface area contributed by atoms with E-state index in [0.717, 1.165) is 4.90 Å². The number of carbonyl (C=O) groups is 2. The number of hydrogen-bond donors (Lipinski definition) is 1. The Labute approximate surface area is 133 Å². The molecule has 6 heteroatoms. The topological polar surface area (TPSA) is 62.3 Å². The van der Waals surface area contributed by atoms with E-state index in [1.54, 1.807) is 18.3 Å². The molecule has 3 rings (SSSR count). The molecule has 2 aromatic rings. The zero-order valence-corrected chi connectivity index (χ0v) is 13.1. The van der Waals surface area contributed by atoms with Crippen LogP contribution in [0.25, 0.3) is 10.9 Å². The van der Waals surface area contributed by atoms with Crippen LogP contribution in [-0.4, -0.2) is 27.4 Å². The van der Waals surface area contributed by atoms with Crippen molar-refractivity contribution < 1.29 is 14.0 Å². The predicted molar refractivity (Wildman–Crippen MR) is 84.1 cm³/mol. The molecule has 0 saturated carbocycles. The number of urea groups is 1. The van der Waals surface area contributed by atoms with Crippen LogP contribution < -0.4 is 5.32 Å². The highest BCUT2D eigenvalue weighted by Crippen LogP contribution is 2.28. The molecule has 0 bridgehead atoms. The number of rotatable bonds is 4. The van der Waals surface area contributed by atoms with E-state index in [1.807, 2.05) is 13.8 Å². The van der Waals surface area contributed by atoms with Crippen molar-refractivity contribution in [2.45, 2.75) is 38.8 Å². The number of fused-ring (bicyclic) bond motifs is 1. The van der Waals surface area contributed by atoms with E-state index in [1.165, 1.54) is 12.1 Å². The quantitative estimate of drug-likeness (QED) is 0.882. The Bertz CT molecular complexity index is 787. The van der Waals surface area contributed by atoms with Crippen LogP contribution in [0.2, 0.25) is 0 Å². The minimum Gasteiger partial charge on any atom is -0.323 e. The average molecular weight is 315 g/mol. The number of halogens is 1. The summed E-state index contributed by atoms with van der Waals surface area (Å²) in [6, 6.07) is 5.75. The molecule has 0 radical (unpaired) electrons. The van der Waals surface area contributed by atoms with Crippen LogP contribution in [0.4, 0.5) is 9.18 Å². The van der Waals surface area contributed by atoms with E-state index in [9.17, 15) is 14.0 Å². The predicted octanol–water partition coefficient (Wildman–Crippen LogP) is 2.98. The van der Waals surface area contributed by atoms with Crippen molar-refractivity contribution >= 4 is 22.8 Å². The van der Waals surface area contributed by atoms with E-state index >= 15 is 0 Å². The Kier molecular flexibility index (Phi) is 3.75. The van der Waals surface area contributed by atoms with Crippen LogP contribution in [0.15, 0.2) is 30.5 Å². The summed E-state index contributed by atoms with van der Waals surface area (Å²) in [7, 11) is 0. The number of imide groups is 1. The zero-order valence-electron chi connectivity index (χ0n) is 13.1. The van der Waals surface area contributed by atoms with Crippen molar-refractivity contribution in [2.75, 3.05) is 0 Å². The molecule has 0 unspecified atom stereocenters. The molecule has 2 heterocycles. The molecule has 1 saturated heterocycles. The van der Waals surface area contributed by atoms with Crippen molar-refractivity contribution in [1.29, 1.82) is 0 Å². The fourth-order valence-electron chi connectivity index (χ4n) is 3.07. The van der Waals surface area contributed by atoms with E-state index < -0.39 is 17.4 Å². The van der Waals surface area contributed by atoms with Gasteiger partial charge < -0.3 is 5.32 Å². The Balaban J connectivity index is 2.00. The molecule has 5 nitrogen and oxygen atoms in total. The van der Waals surface area contributed by atoms with Crippen molar-refractivity contribution in [3.05, 3.63) is 41.8 Å². The standard InChI is InChI=1S/C17H18FN3O2/c1-3-17(4-2)15(22)21(16(23)20-17)10-12-9-13(18)8-11-6-5-7-19-14(11)12/h5-9H,3-4,10H2,1-2H3,(H,20,23). The van der Waals surface area contributed by atoms with Crippen molar-refractivity contribution in [1.82, 2.24) is 15.2 Å². The summed E-state index contributed by atoms with van der Waals surface area (Å²) >= 11 is 0. The molecule has 120 valence electrons. The summed E-state index contributed by atoms with van der Waals surface area (Å²) in [4.78, 5) is 30.3. The highest BCUT2D eigenvalue weighted by atomic mass is 19.1. The van der Waals surface area contributed by atoms with Gasteiger partial charge in [-0.15, -0.1) is 0 Å². The van der Waals surface area contributed by atoms with Crippen molar-refractivity contribution in [2.24, 2.45) is 0 Å². The minimum absolute atomic E-state index is 0.0116. The number of amides is 3. The summed E-state index contributed by atoms with van der Waals surface area (Å²) in [6.45, 7) is 3.74. The molecule has 0 atom stereocenters. The van der Waals surface area contributed by atoms with Gasteiger partial charge in [-0.05, 0) is 31.0 Å². The van der Waals surface area contributed by atoms with Gasteiger partial charge in [0, 0.05) is 17.1 Å². The van der Waals surface area contributed by atoms with Gasteiger partial charge in [0.25, 0.3) is 5.91 Å². The SMILES string of the molecule is CCC1(CC)NC(=O)N(Cc2cc(F)cc3cccnc23)C1=O. The maximum atomic E-state index is 13.8. The number of carbonyl (C=O) groups excluding carboxylic acids is 2. The number of aromatic nitrogens is 1. The first-order valence-electron chi connectivity index (χ1n) is 7.68. The van der Waals surface area contributed by atoms with Gasteiger partial charge in [0.1, 0.15) is 11.4 Å². The highest BCUT2D eigenvalue weighted by molar-refractivity contribution is 6.07. The summed E-state index contributed by atoms with van der Waals surface area (Å²) < 4.78 is 13.8. The molecule has 1 aliphatic rings. The lowest BCUT2D eigenvalue weighted by Gasteiger charge is -2.23. The molecular formula is C17H18FN3O2. The van der Waals surface area contributed by atoms with Crippen molar-refractivity contribution in [3.63, 3.8) is 0 Å². The van der Waals surface area contributed by atoms with Gasteiger partial charge in [-0.25, -0.2) is 9.18 Å². The van der Waals surface area contributed by atoms with Gasteiger partial charge in [-0.2, -0.15) is 0 Å². The number of nitrogens with zero attached hydrogens (tertiary/aromatic N) is 2. The summed E-state index contributed by atoms with van der Waals surface area (Å²) in [5.41, 5.74) is 0.264. The lowest BCUT2D eigenvalue weighted by molar-refractivity contribution is -0.131. The normalized spacial score (nSPS) is 16.9. The van der Waals surface area contributed by atoms with Gasteiger partial charge in [0.05, 0.1) is 12.1 Å². The number of benzene rings is 1. The first kappa shape index (κ1) is 15.4. The summed E-state index contributed by atoms with van der Waals surface area (Å²) in [5.74, 6) is -0.675. The zero-order chi connectivity index (χ0) is 16.6. The second-order valence-electron chi connectivity index (χ2n) is 5.75. The maximum Gasteiger partial charge on any atom is 0.325 e. The molecule has 23 heavy (non-hydrogen) atoms. The molecule has 1 N–H and O–H groups in total. The number of hydrogen-bond acceptors (Lipinski definition) is 3. The molecule has 1 aliphatic heterocycles. The van der Waals surface area contributed by atoms with Crippen LogP contribution in [0.1, 0.15) is 32.3 Å². The monoisotopic (exact) mass is 315 g/mol.